The van der Waals surface area contributed by atoms with Crippen LogP contribution in [0.3, 0.4) is 0 Å². The molecule has 6 nitrogen and oxygen atoms in total. The van der Waals surface area contributed by atoms with Gasteiger partial charge in [0.2, 0.25) is 5.78 Å². The highest BCUT2D eigenvalue weighted by Crippen LogP contribution is 2.23. The molecule has 3 aromatic rings. The maximum absolute atomic E-state index is 12.6. The molecule has 0 fully saturated rings. The summed E-state index contributed by atoms with van der Waals surface area (Å²) in [4.78, 5) is 28.0. The number of benzene rings is 1. The van der Waals surface area contributed by atoms with Crippen LogP contribution in [0.4, 0.5) is 13.2 Å². The van der Waals surface area contributed by atoms with E-state index in [9.17, 15) is 22.8 Å². The van der Waals surface area contributed by atoms with Gasteiger partial charge in [0.15, 0.2) is 0 Å². The second-order valence-corrected chi connectivity index (χ2v) is 6.68. The van der Waals surface area contributed by atoms with Crippen LogP contribution in [0.5, 0.6) is 0 Å². The van der Waals surface area contributed by atoms with Crippen molar-refractivity contribution in [2.24, 2.45) is 0 Å². The largest absolute Gasteiger partial charge is 0.481 e. The van der Waals surface area contributed by atoms with Crippen LogP contribution in [-0.2, 0) is 17.8 Å². The minimum absolute atomic E-state index is 0.0351. The lowest BCUT2D eigenvalue weighted by Crippen LogP contribution is -2.24. The lowest BCUT2D eigenvalue weighted by atomic mass is 10.2. The number of hydrogen-bond acceptors (Lipinski definition) is 3. The highest BCUT2D eigenvalue weighted by Gasteiger charge is 2.26. The van der Waals surface area contributed by atoms with E-state index in [1.165, 1.54) is 17.0 Å². The van der Waals surface area contributed by atoms with E-state index in [1.807, 2.05) is 0 Å². The van der Waals surface area contributed by atoms with Gasteiger partial charge in [-0.1, -0.05) is 23.7 Å². The quantitative estimate of drug-likeness (QED) is 0.667. The molecule has 2 aromatic heterocycles. The van der Waals surface area contributed by atoms with E-state index < -0.39 is 30.5 Å². The van der Waals surface area contributed by atoms with Crippen LogP contribution < -0.4 is 5.56 Å². The van der Waals surface area contributed by atoms with Crippen molar-refractivity contribution in [3.63, 3.8) is 0 Å². The molecule has 0 spiro atoms. The number of nitrogens with zero attached hydrogens (tertiary/aromatic N) is 3. The molecule has 0 aliphatic rings. The molecule has 0 atom stereocenters. The minimum atomic E-state index is -4.30. The van der Waals surface area contributed by atoms with Crippen LogP contribution >= 0.6 is 11.6 Å². The SMILES string of the molecule is O=C(O)Cc1cn(CCCC(F)(F)F)c2nc(-c3ccc(Cl)cc3)cn2c1=O. The van der Waals surface area contributed by atoms with Crippen LogP contribution in [0.25, 0.3) is 17.0 Å². The van der Waals surface area contributed by atoms with E-state index in [-0.39, 0.29) is 24.3 Å². The predicted octanol–water partition coefficient (Wildman–Crippen LogP) is 3.79. The normalized spacial score (nSPS) is 11.9. The van der Waals surface area contributed by atoms with Crippen LogP contribution in [0.2, 0.25) is 5.02 Å². The topological polar surface area (TPSA) is 76.6 Å². The maximum atomic E-state index is 12.6. The van der Waals surface area contributed by atoms with Gasteiger partial charge < -0.3 is 9.67 Å². The number of rotatable bonds is 6. The fourth-order valence-corrected chi connectivity index (χ4v) is 2.96. The van der Waals surface area contributed by atoms with Crippen LogP contribution in [0.15, 0.2) is 41.5 Å². The highest BCUT2D eigenvalue weighted by molar-refractivity contribution is 6.30. The summed E-state index contributed by atoms with van der Waals surface area (Å²) < 4.78 is 40.0. The van der Waals surface area contributed by atoms with Gasteiger partial charge in [0.25, 0.3) is 5.56 Å². The first-order valence-corrected chi connectivity index (χ1v) is 8.68. The van der Waals surface area contributed by atoms with E-state index in [2.05, 4.69) is 4.98 Å². The number of halogens is 4. The molecule has 0 saturated heterocycles. The fraction of sp³-hybridized carbons (Fsp3) is 0.278. The molecule has 0 unspecified atom stereocenters. The molecule has 10 heteroatoms. The lowest BCUT2D eigenvalue weighted by Gasteiger charge is -2.11. The number of alkyl halides is 3. The molecule has 0 bridgehead atoms. The zero-order valence-corrected chi connectivity index (χ0v) is 15.2. The van der Waals surface area contributed by atoms with Gasteiger partial charge in [-0.3, -0.25) is 14.0 Å². The first-order valence-electron chi connectivity index (χ1n) is 8.30. The van der Waals surface area contributed by atoms with E-state index in [0.29, 0.717) is 16.3 Å². The number of carbonyl (C=O) groups is 1. The average molecular weight is 414 g/mol. The predicted molar refractivity (Wildman–Crippen MR) is 96.5 cm³/mol. The third kappa shape index (κ3) is 4.53. The number of aliphatic carboxylic acids is 1. The average Bonchev–Trinajstić information content (AvgIpc) is 3.04. The molecule has 1 N–H and O–H groups in total. The van der Waals surface area contributed by atoms with E-state index in [4.69, 9.17) is 16.7 Å². The Hall–Kier alpha value is -2.81. The summed E-state index contributed by atoms with van der Waals surface area (Å²) in [6, 6.07) is 6.68. The number of carboxylic acid groups (broad SMARTS) is 1. The van der Waals surface area contributed by atoms with Crippen molar-refractivity contribution in [3.8, 4) is 11.3 Å². The number of carboxylic acids is 1. The molecule has 0 aliphatic heterocycles. The van der Waals surface area contributed by atoms with Gasteiger partial charge in [-0.05, 0) is 18.6 Å². The molecule has 148 valence electrons. The Bertz CT molecular complexity index is 1070. The summed E-state index contributed by atoms with van der Waals surface area (Å²) in [7, 11) is 0. The summed E-state index contributed by atoms with van der Waals surface area (Å²) in [5.74, 6) is -1.07. The molecular formula is C18H15ClF3N3O3. The second kappa shape index (κ2) is 7.67. The standard InChI is InChI=1S/C18H15ClF3N3O3/c19-13-4-2-11(3-5-13)14-10-25-16(28)12(8-15(26)27)9-24(17(25)23-14)7-1-6-18(20,21)22/h2-5,9-10H,1,6-8H2,(H,26,27). The molecule has 3 rings (SSSR count). The van der Waals surface area contributed by atoms with Crippen molar-refractivity contribution in [2.75, 3.05) is 0 Å². The Morgan fingerprint density at radius 3 is 2.46 bits per heavy atom. The number of imidazole rings is 1. The molecular weight excluding hydrogens is 399 g/mol. The smallest absolute Gasteiger partial charge is 0.389 e. The van der Waals surface area contributed by atoms with Gasteiger partial charge in [-0.15, -0.1) is 0 Å². The van der Waals surface area contributed by atoms with Crippen molar-refractivity contribution in [1.82, 2.24) is 14.0 Å². The number of fused-ring (bicyclic) bond motifs is 1. The fourth-order valence-electron chi connectivity index (χ4n) is 2.84. The Labute approximate surface area is 161 Å². The Kier molecular flexibility index (Phi) is 5.46. The summed E-state index contributed by atoms with van der Waals surface area (Å²) in [6.45, 7) is -0.0625. The third-order valence-corrected chi connectivity index (χ3v) is 4.34. The molecule has 2 heterocycles. The zero-order chi connectivity index (χ0) is 20.5. The Morgan fingerprint density at radius 2 is 1.86 bits per heavy atom. The number of aromatic nitrogens is 3. The van der Waals surface area contributed by atoms with Crippen molar-refractivity contribution >= 4 is 23.3 Å². The molecule has 0 amide bonds. The summed E-state index contributed by atoms with van der Waals surface area (Å²) in [5, 5.41) is 9.53. The molecule has 1 aromatic carbocycles. The number of aryl methyl sites for hydroxylation is 1. The summed E-state index contributed by atoms with van der Waals surface area (Å²) in [6.07, 6.45) is -3.36. The van der Waals surface area contributed by atoms with Crippen molar-refractivity contribution in [2.45, 2.75) is 32.0 Å². The first-order chi connectivity index (χ1) is 13.1. The summed E-state index contributed by atoms with van der Waals surface area (Å²) >= 11 is 5.86. The van der Waals surface area contributed by atoms with E-state index in [0.717, 1.165) is 4.40 Å². The molecule has 0 aliphatic carbocycles. The van der Waals surface area contributed by atoms with Gasteiger partial charge in [0.1, 0.15) is 0 Å². The lowest BCUT2D eigenvalue weighted by molar-refractivity contribution is -0.136. The van der Waals surface area contributed by atoms with Gasteiger partial charge in [-0.25, -0.2) is 4.98 Å². The first kappa shape index (κ1) is 19.9. The second-order valence-electron chi connectivity index (χ2n) is 6.25. The van der Waals surface area contributed by atoms with Gasteiger partial charge in [0.05, 0.1) is 12.1 Å². The van der Waals surface area contributed by atoms with Gasteiger partial charge >= 0.3 is 12.1 Å². The van der Waals surface area contributed by atoms with Crippen molar-refractivity contribution in [3.05, 3.63) is 57.6 Å². The van der Waals surface area contributed by atoms with Gasteiger partial charge in [-0.2, -0.15) is 13.2 Å². The van der Waals surface area contributed by atoms with Crippen LogP contribution in [-0.4, -0.2) is 31.2 Å². The van der Waals surface area contributed by atoms with Crippen molar-refractivity contribution in [1.29, 1.82) is 0 Å². The summed E-state index contributed by atoms with van der Waals surface area (Å²) in [5.41, 5.74) is 0.476. The van der Waals surface area contributed by atoms with Crippen LogP contribution in [0.1, 0.15) is 18.4 Å². The van der Waals surface area contributed by atoms with Crippen LogP contribution in [0, 0.1) is 0 Å². The number of hydrogen-bond donors (Lipinski definition) is 1. The van der Waals surface area contributed by atoms with E-state index in [1.54, 1.807) is 24.3 Å². The Morgan fingerprint density at radius 1 is 1.18 bits per heavy atom. The van der Waals surface area contributed by atoms with E-state index >= 15 is 0 Å². The maximum Gasteiger partial charge on any atom is 0.389 e. The molecule has 28 heavy (non-hydrogen) atoms. The third-order valence-electron chi connectivity index (χ3n) is 4.09. The zero-order valence-electron chi connectivity index (χ0n) is 14.4. The van der Waals surface area contributed by atoms with Gasteiger partial charge in [0, 0.05) is 41.5 Å². The molecule has 0 saturated carbocycles. The Balaban J connectivity index is 2.07. The highest BCUT2D eigenvalue weighted by atomic mass is 35.5. The van der Waals surface area contributed by atoms with Crippen molar-refractivity contribution < 1.29 is 23.1 Å². The monoisotopic (exact) mass is 413 g/mol. The minimum Gasteiger partial charge on any atom is -0.481 e. The molecule has 0 radical (unpaired) electrons.